The first-order chi connectivity index (χ1) is 10.7. The number of methoxy groups -OCH3 is 1. The van der Waals surface area contributed by atoms with Crippen molar-refractivity contribution in [1.82, 2.24) is 0 Å². The summed E-state index contributed by atoms with van der Waals surface area (Å²) < 4.78 is 17.5. The molecule has 0 aliphatic rings. The maximum Gasteiger partial charge on any atom is 0.161 e. The Morgan fingerprint density at radius 2 is 1.77 bits per heavy atom. The van der Waals surface area contributed by atoms with Crippen LogP contribution in [0.5, 0.6) is 17.2 Å². The molecule has 0 fully saturated rings. The molecule has 2 aromatic rings. The van der Waals surface area contributed by atoms with Crippen LogP contribution in [0.4, 0.5) is 0 Å². The fraction of sp³-hybridized carbons (Fsp3) is 0.188. The Bertz CT molecular complexity index is 629. The van der Waals surface area contributed by atoms with E-state index in [9.17, 15) is 0 Å². The van der Waals surface area contributed by atoms with Crippen LogP contribution in [0.3, 0.4) is 0 Å². The summed E-state index contributed by atoms with van der Waals surface area (Å²) in [6.07, 6.45) is 1.32. The number of benzene rings is 2. The molecule has 0 heterocycles. The lowest BCUT2D eigenvalue weighted by molar-refractivity contribution is 0.211. The molecular weight excluding hydrogens is 350 g/mol. The molecule has 0 saturated carbocycles. The lowest BCUT2D eigenvalue weighted by Gasteiger charge is -2.12. The fourth-order valence-corrected chi connectivity index (χ4v) is 2.06. The fourth-order valence-electron chi connectivity index (χ4n) is 1.80. The Morgan fingerprint density at radius 1 is 1.05 bits per heavy atom. The lowest BCUT2D eigenvalue weighted by atomic mass is 10.2. The number of halogens is 1. The summed E-state index contributed by atoms with van der Waals surface area (Å²) in [6, 6.07) is 12.8. The first-order valence-electron chi connectivity index (χ1n) is 6.59. The van der Waals surface area contributed by atoms with Gasteiger partial charge in [-0.2, -0.15) is 0 Å². The molecule has 0 saturated heterocycles. The van der Waals surface area contributed by atoms with Crippen molar-refractivity contribution >= 4 is 22.1 Å². The van der Waals surface area contributed by atoms with Gasteiger partial charge in [0.1, 0.15) is 19.0 Å². The van der Waals surface area contributed by atoms with E-state index < -0.39 is 0 Å². The summed E-state index contributed by atoms with van der Waals surface area (Å²) in [4.78, 5) is 0. The molecule has 5 nitrogen and oxygen atoms in total. The zero-order chi connectivity index (χ0) is 15.8. The van der Waals surface area contributed by atoms with Crippen LogP contribution < -0.4 is 14.2 Å². The van der Waals surface area contributed by atoms with Gasteiger partial charge < -0.3 is 19.4 Å². The van der Waals surface area contributed by atoms with Crippen molar-refractivity contribution in [3.8, 4) is 17.2 Å². The van der Waals surface area contributed by atoms with Gasteiger partial charge in [0, 0.05) is 10.0 Å². The van der Waals surface area contributed by atoms with Gasteiger partial charge >= 0.3 is 0 Å². The van der Waals surface area contributed by atoms with Crippen LogP contribution in [-0.2, 0) is 0 Å². The molecule has 0 aliphatic heterocycles. The third-order valence-electron chi connectivity index (χ3n) is 2.82. The molecule has 0 radical (unpaired) electrons. The third-order valence-corrected chi connectivity index (χ3v) is 3.35. The van der Waals surface area contributed by atoms with Gasteiger partial charge in [0.2, 0.25) is 0 Å². The number of oxime groups is 1. The van der Waals surface area contributed by atoms with Gasteiger partial charge in [-0.05, 0) is 42.5 Å². The summed E-state index contributed by atoms with van der Waals surface area (Å²) in [5.41, 5.74) is 0.715. The summed E-state index contributed by atoms with van der Waals surface area (Å²) in [6.45, 7) is 0.773. The van der Waals surface area contributed by atoms with Crippen molar-refractivity contribution in [2.24, 2.45) is 5.16 Å². The number of ether oxygens (including phenoxy) is 3. The average molecular weight is 366 g/mol. The Hall–Kier alpha value is -2.21. The molecule has 22 heavy (non-hydrogen) atoms. The van der Waals surface area contributed by atoms with Crippen molar-refractivity contribution in [3.63, 3.8) is 0 Å². The number of hydrogen-bond donors (Lipinski definition) is 1. The smallest absolute Gasteiger partial charge is 0.161 e. The van der Waals surface area contributed by atoms with Gasteiger partial charge in [0.15, 0.2) is 11.5 Å². The van der Waals surface area contributed by atoms with E-state index in [2.05, 4.69) is 21.1 Å². The molecule has 6 heteroatoms. The van der Waals surface area contributed by atoms with E-state index in [1.165, 1.54) is 6.21 Å². The van der Waals surface area contributed by atoms with Crippen LogP contribution in [-0.4, -0.2) is 31.7 Å². The maximum atomic E-state index is 8.57. The summed E-state index contributed by atoms with van der Waals surface area (Å²) in [7, 11) is 1.57. The van der Waals surface area contributed by atoms with E-state index >= 15 is 0 Å². The molecule has 2 rings (SSSR count). The highest BCUT2D eigenvalue weighted by Crippen LogP contribution is 2.27. The van der Waals surface area contributed by atoms with Gasteiger partial charge in [0.05, 0.1) is 13.3 Å². The number of nitrogens with zero attached hydrogens (tertiary/aromatic N) is 1. The highest BCUT2D eigenvalue weighted by atomic mass is 79.9. The van der Waals surface area contributed by atoms with Crippen molar-refractivity contribution < 1.29 is 19.4 Å². The first-order valence-corrected chi connectivity index (χ1v) is 7.39. The third kappa shape index (κ3) is 4.66. The van der Waals surface area contributed by atoms with Crippen LogP contribution in [0.25, 0.3) is 0 Å². The Labute approximate surface area is 137 Å². The Balaban J connectivity index is 1.90. The Morgan fingerprint density at radius 3 is 2.45 bits per heavy atom. The SMILES string of the molecule is COc1ccc(C=NO)cc1OCCOc1ccc(Br)cc1. The van der Waals surface area contributed by atoms with Gasteiger partial charge in [-0.25, -0.2) is 0 Å². The maximum absolute atomic E-state index is 8.57. The predicted octanol–water partition coefficient (Wildman–Crippen LogP) is 3.72. The molecule has 0 bridgehead atoms. The van der Waals surface area contributed by atoms with Crippen molar-refractivity contribution in [3.05, 3.63) is 52.5 Å². The normalized spacial score (nSPS) is 10.6. The molecule has 116 valence electrons. The van der Waals surface area contributed by atoms with Crippen LogP contribution in [0.1, 0.15) is 5.56 Å². The minimum atomic E-state index is 0.367. The van der Waals surface area contributed by atoms with Crippen LogP contribution >= 0.6 is 15.9 Å². The van der Waals surface area contributed by atoms with Crippen molar-refractivity contribution in [2.75, 3.05) is 20.3 Å². The van der Waals surface area contributed by atoms with Crippen LogP contribution in [0.15, 0.2) is 52.1 Å². The van der Waals surface area contributed by atoms with Gasteiger partial charge in [-0.3, -0.25) is 0 Å². The van der Waals surface area contributed by atoms with E-state index in [0.29, 0.717) is 30.3 Å². The zero-order valence-electron chi connectivity index (χ0n) is 12.0. The van der Waals surface area contributed by atoms with Gasteiger partial charge in [-0.1, -0.05) is 21.1 Å². The van der Waals surface area contributed by atoms with Crippen molar-refractivity contribution in [2.45, 2.75) is 0 Å². The van der Waals surface area contributed by atoms with Gasteiger partial charge in [-0.15, -0.1) is 0 Å². The molecule has 1 N–H and O–H groups in total. The quantitative estimate of drug-likeness (QED) is 0.351. The monoisotopic (exact) mass is 365 g/mol. The Kier molecular flexibility index (Phi) is 6.09. The summed E-state index contributed by atoms with van der Waals surface area (Å²) in [5.74, 6) is 1.96. The first kappa shape index (κ1) is 16.2. The molecule has 0 unspecified atom stereocenters. The van der Waals surface area contributed by atoms with E-state index in [0.717, 1.165) is 10.2 Å². The highest BCUT2D eigenvalue weighted by molar-refractivity contribution is 9.10. The van der Waals surface area contributed by atoms with E-state index in [-0.39, 0.29) is 0 Å². The standard InChI is InChI=1S/C16H16BrNO4/c1-20-15-7-2-12(11-18-19)10-16(15)22-9-8-21-14-5-3-13(17)4-6-14/h2-7,10-11,19H,8-9H2,1H3. The minimum absolute atomic E-state index is 0.367. The zero-order valence-corrected chi connectivity index (χ0v) is 13.6. The topological polar surface area (TPSA) is 60.3 Å². The van der Waals surface area contributed by atoms with E-state index in [4.69, 9.17) is 19.4 Å². The summed E-state index contributed by atoms with van der Waals surface area (Å²) >= 11 is 3.37. The van der Waals surface area contributed by atoms with Crippen LogP contribution in [0.2, 0.25) is 0 Å². The largest absolute Gasteiger partial charge is 0.493 e. The van der Waals surface area contributed by atoms with Gasteiger partial charge in [0.25, 0.3) is 0 Å². The number of hydrogen-bond acceptors (Lipinski definition) is 5. The lowest BCUT2D eigenvalue weighted by Crippen LogP contribution is -2.09. The number of rotatable bonds is 7. The molecule has 0 spiro atoms. The van der Waals surface area contributed by atoms with E-state index in [1.807, 2.05) is 24.3 Å². The van der Waals surface area contributed by atoms with Crippen LogP contribution in [0, 0.1) is 0 Å². The molecule has 0 aromatic heterocycles. The molecule has 0 atom stereocenters. The highest BCUT2D eigenvalue weighted by Gasteiger charge is 2.05. The molecule has 2 aromatic carbocycles. The minimum Gasteiger partial charge on any atom is -0.493 e. The molecule has 0 amide bonds. The van der Waals surface area contributed by atoms with Crippen molar-refractivity contribution in [1.29, 1.82) is 0 Å². The van der Waals surface area contributed by atoms with E-state index in [1.54, 1.807) is 25.3 Å². The second-order valence-corrected chi connectivity index (χ2v) is 5.22. The molecule has 0 aliphatic carbocycles. The second-order valence-electron chi connectivity index (χ2n) is 4.31. The second kappa shape index (κ2) is 8.29. The summed E-state index contributed by atoms with van der Waals surface area (Å²) in [5, 5.41) is 11.6. The predicted molar refractivity (Wildman–Crippen MR) is 87.5 cm³/mol. The molecular formula is C16H16BrNO4. The average Bonchev–Trinajstić information content (AvgIpc) is 2.54.